The summed E-state index contributed by atoms with van der Waals surface area (Å²) in [6.07, 6.45) is 1.59. The summed E-state index contributed by atoms with van der Waals surface area (Å²) in [5, 5.41) is 2.88. The van der Waals surface area contributed by atoms with Crippen LogP contribution in [0.4, 0.5) is 5.69 Å². The lowest BCUT2D eigenvalue weighted by Gasteiger charge is -2.16. The molecule has 5 heteroatoms. The fourth-order valence-corrected chi connectivity index (χ4v) is 2.49. The Morgan fingerprint density at radius 1 is 1.29 bits per heavy atom. The van der Waals surface area contributed by atoms with Crippen LogP contribution in [0.2, 0.25) is 0 Å². The zero-order valence-electron chi connectivity index (χ0n) is 12.4. The smallest absolute Gasteiger partial charge is 0.338 e. The number of hydrogen-bond acceptors (Lipinski definition) is 4. The van der Waals surface area contributed by atoms with Crippen LogP contribution in [0.3, 0.4) is 0 Å². The van der Waals surface area contributed by atoms with Crippen molar-refractivity contribution < 1.29 is 19.1 Å². The van der Waals surface area contributed by atoms with Gasteiger partial charge in [-0.05, 0) is 44.0 Å². The van der Waals surface area contributed by atoms with Gasteiger partial charge in [-0.2, -0.15) is 0 Å². The number of amides is 1. The molecule has 1 saturated heterocycles. The first kappa shape index (κ1) is 15.5. The van der Waals surface area contributed by atoms with E-state index in [0.29, 0.717) is 24.5 Å². The number of esters is 1. The normalized spacial score (nSPS) is 21.0. The summed E-state index contributed by atoms with van der Waals surface area (Å²) in [6.45, 7) is 4.76. The van der Waals surface area contributed by atoms with E-state index in [1.807, 2.05) is 6.92 Å². The number of benzene rings is 1. The summed E-state index contributed by atoms with van der Waals surface area (Å²) in [6, 6.07) is 6.72. The molecule has 21 heavy (non-hydrogen) atoms. The molecule has 0 bridgehead atoms. The number of rotatable bonds is 5. The quantitative estimate of drug-likeness (QED) is 0.847. The van der Waals surface area contributed by atoms with Crippen molar-refractivity contribution in [1.82, 2.24) is 0 Å². The number of ether oxygens (including phenoxy) is 2. The third kappa shape index (κ3) is 3.82. The van der Waals surface area contributed by atoms with E-state index in [1.54, 1.807) is 31.2 Å². The maximum absolute atomic E-state index is 12.2. The van der Waals surface area contributed by atoms with Crippen molar-refractivity contribution in [2.45, 2.75) is 32.8 Å². The minimum atomic E-state index is -0.356. The molecule has 1 heterocycles. The molecule has 1 aromatic rings. The minimum absolute atomic E-state index is 0.00352. The molecule has 1 N–H and O–H groups in total. The van der Waals surface area contributed by atoms with Gasteiger partial charge in [0.2, 0.25) is 5.91 Å². The van der Waals surface area contributed by atoms with Crippen LogP contribution in [0.5, 0.6) is 0 Å². The van der Waals surface area contributed by atoms with Gasteiger partial charge in [0.1, 0.15) is 0 Å². The fourth-order valence-electron chi connectivity index (χ4n) is 2.49. The highest BCUT2D eigenvalue weighted by Gasteiger charge is 2.32. The zero-order valence-corrected chi connectivity index (χ0v) is 12.4. The van der Waals surface area contributed by atoms with Crippen LogP contribution in [0.1, 0.15) is 37.0 Å². The van der Waals surface area contributed by atoms with Crippen molar-refractivity contribution in [2.24, 2.45) is 5.92 Å². The van der Waals surface area contributed by atoms with E-state index < -0.39 is 0 Å². The van der Waals surface area contributed by atoms with Gasteiger partial charge in [-0.1, -0.05) is 6.92 Å². The summed E-state index contributed by atoms with van der Waals surface area (Å²) in [5.41, 5.74) is 1.15. The third-order valence-corrected chi connectivity index (χ3v) is 3.61. The van der Waals surface area contributed by atoms with Crippen LogP contribution in [-0.4, -0.2) is 31.2 Å². The average molecular weight is 291 g/mol. The van der Waals surface area contributed by atoms with Gasteiger partial charge < -0.3 is 14.8 Å². The van der Waals surface area contributed by atoms with Crippen LogP contribution in [0, 0.1) is 5.92 Å². The van der Waals surface area contributed by atoms with E-state index in [2.05, 4.69) is 5.32 Å². The van der Waals surface area contributed by atoms with Crippen LogP contribution in [-0.2, 0) is 14.3 Å². The lowest BCUT2D eigenvalue weighted by atomic mass is 9.98. The molecule has 1 amide bonds. The van der Waals surface area contributed by atoms with Crippen molar-refractivity contribution in [1.29, 1.82) is 0 Å². The molecule has 1 fully saturated rings. The molecular weight excluding hydrogens is 270 g/mol. The summed E-state index contributed by atoms with van der Waals surface area (Å²) in [7, 11) is 0. The average Bonchev–Trinajstić information content (AvgIpc) is 2.97. The van der Waals surface area contributed by atoms with Crippen molar-refractivity contribution in [3.05, 3.63) is 29.8 Å². The van der Waals surface area contributed by atoms with Crippen molar-refractivity contribution >= 4 is 17.6 Å². The molecule has 1 aliphatic heterocycles. The predicted molar refractivity (Wildman–Crippen MR) is 79.2 cm³/mol. The molecule has 0 aromatic heterocycles. The first-order valence-corrected chi connectivity index (χ1v) is 7.35. The summed E-state index contributed by atoms with van der Waals surface area (Å²) in [4.78, 5) is 23.8. The summed E-state index contributed by atoms with van der Waals surface area (Å²) >= 11 is 0. The third-order valence-electron chi connectivity index (χ3n) is 3.61. The largest absolute Gasteiger partial charge is 0.462 e. The van der Waals surface area contributed by atoms with E-state index in [4.69, 9.17) is 9.47 Å². The highest BCUT2D eigenvalue weighted by Crippen LogP contribution is 2.25. The SMILES string of the molecule is CCOC(=O)c1ccc(NC(=O)C2CCOC2CC)cc1. The van der Waals surface area contributed by atoms with Gasteiger partial charge in [-0.25, -0.2) is 4.79 Å². The van der Waals surface area contributed by atoms with Crippen molar-refractivity contribution in [2.75, 3.05) is 18.5 Å². The van der Waals surface area contributed by atoms with E-state index in [0.717, 1.165) is 12.8 Å². The second kappa shape index (κ2) is 7.22. The van der Waals surface area contributed by atoms with Crippen LogP contribution >= 0.6 is 0 Å². The monoisotopic (exact) mass is 291 g/mol. The molecule has 5 nitrogen and oxygen atoms in total. The number of carbonyl (C=O) groups excluding carboxylic acids is 2. The topological polar surface area (TPSA) is 64.6 Å². The second-order valence-electron chi connectivity index (χ2n) is 5.00. The Labute approximate surface area is 124 Å². The van der Waals surface area contributed by atoms with Crippen LogP contribution in [0.25, 0.3) is 0 Å². The van der Waals surface area contributed by atoms with E-state index in [9.17, 15) is 9.59 Å². The first-order valence-electron chi connectivity index (χ1n) is 7.35. The van der Waals surface area contributed by atoms with Gasteiger partial charge in [0, 0.05) is 12.3 Å². The van der Waals surface area contributed by atoms with Gasteiger partial charge in [0.15, 0.2) is 0 Å². The van der Waals surface area contributed by atoms with Crippen molar-refractivity contribution in [3.8, 4) is 0 Å². The molecule has 2 atom stereocenters. The molecule has 0 radical (unpaired) electrons. The Morgan fingerprint density at radius 2 is 2.00 bits per heavy atom. The molecule has 0 saturated carbocycles. The number of anilines is 1. The lowest BCUT2D eigenvalue weighted by Crippen LogP contribution is -2.29. The van der Waals surface area contributed by atoms with E-state index in [1.165, 1.54) is 0 Å². The Hall–Kier alpha value is -1.88. The maximum Gasteiger partial charge on any atom is 0.338 e. The molecule has 2 unspecified atom stereocenters. The minimum Gasteiger partial charge on any atom is -0.462 e. The van der Waals surface area contributed by atoms with Gasteiger partial charge in [-0.15, -0.1) is 0 Å². The standard InChI is InChI=1S/C16H21NO4/c1-3-14-13(9-10-21-14)15(18)17-12-7-5-11(6-8-12)16(19)20-4-2/h5-8,13-14H,3-4,9-10H2,1-2H3,(H,17,18). The molecule has 1 aromatic carbocycles. The predicted octanol–water partition coefficient (Wildman–Crippen LogP) is 2.62. The van der Waals surface area contributed by atoms with Crippen molar-refractivity contribution in [3.63, 3.8) is 0 Å². The molecular formula is C16H21NO4. The summed E-state index contributed by atoms with van der Waals surface area (Å²) < 4.78 is 10.4. The molecule has 0 spiro atoms. The van der Waals surface area contributed by atoms with Gasteiger partial charge in [0.05, 0.1) is 24.2 Å². The Morgan fingerprint density at radius 3 is 2.62 bits per heavy atom. The maximum atomic E-state index is 12.2. The van der Waals surface area contributed by atoms with Gasteiger partial charge in [-0.3, -0.25) is 4.79 Å². The highest BCUT2D eigenvalue weighted by atomic mass is 16.5. The number of nitrogens with one attached hydrogen (secondary N) is 1. The Bertz CT molecular complexity index is 498. The Kier molecular flexibility index (Phi) is 5.33. The zero-order chi connectivity index (χ0) is 15.2. The van der Waals surface area contributed by atoms with Gasteiger partial charge >= 0.3 is 5.97 Å². The molecule has 114 valence electrons. The summed E-state index contributed by atoms with van der Waals surface area (Å²) in [5.74, 6) is -0.478. The molecule has 2 rings (SSSR count). The second-order valence-corrected chi connectivity index (χ2v) is 5.00. The van der Waals surface area contributed by atoms with E-state index in [-0.39, 0.29) is 23.9 Å². The van der Waals surface area contributed by atoms with Crippen LogP contribution in [0.15, 0.2) is 24.3 Å². The van der Waals surface area contributed by atoms with Crippen LogP contribution < -0.4 is 5.32 Å². The number of hydrogen-bond donors (Lipinski definition) is 1. The lowest BCUT2D eigenvalue weighted by molar-refractivity contribution is -0.121. The number of carbonyl (C=O) groups is 2. The Balaban J connectivity index is 1.97. The van der Waals surface area contributed by atoms with Gasteiger partial charge in [0.25, 0.3) is 0 Å². The molecule has 1 aliphatic rings. The molecule has 0 aliphatic carbocycles. The highest BCUT2D eigenvalue weighted by molar-refractivity contribution is 5.94. The first-order chi connectivity index (χ1) is 10.2. The fraction of sp³-hybridized carbons (Fsp3) is 0.500. The van der Waals surface area contributed by atoms with E-state index >= 15 is 0 Å².